The van der Waals surface area contributed by atoms with Crippen molar-refractivity contribution in [1.82, 2.24) is 9.78 Å². The van der Waals surface area contributed by atoms with Crippen LogP contribution in [-0.2, 0) is 6.54 Å². The molecule has 0 spiro atoms. The van der Waals surface area contributed by atoms with Gasteiger partial charge in [-0.05, 0) is 12.5 Å². The lowest BCUT2D eigenvalue weighted by molar-refractivity contribution is -0.693. The smallest absolute Gasteiger partial charge is 0.289 e. The largest absolute Gasteiger partial charge is 0.381 e. The molecular weight excluding hydrogens is 228 g/mol. The maximum absolute atomic E-state index is 10.1. The summed E-state index contributed by atoms with van der Waals surface area (Å²) in [4.78, 5) is 0. The summed E-state index contributed by atoms with van der Waals surface area (Å²) in [5.41, 5.74) is 2.07. The molecule has 5 heteroatoms. The molecule has 0 amide bonds. The van der Waals surface area contributed by atoms with E-state index in [1.54, 1.807) is 15.7 Å². The van der Waals surface area contributed by atoms with Crippen LogP contribution in [-0.4, -0.2) is 20.6 Å². The van der Waals surface area contributed by atoms with Gasteiger partial charge in [-0.1, -0.05) is 30.3 Å². The third-order valence-electron chi connectivity index (χ3n) is 3.04. The number of nitrogens with zero attached hydrogens (tertiary/aromatic N) is 4. The van der Waals surface area contributed by atoms with Crippen LogP contribution >= 0.6 is 0 Å². The Balaban J connectivity index is 1.96. The molecule has 1 aromatic heterocycles. The summed E-state index contributed by atoms with van der Waals surface area (Å²) in [7, 11) is 0. The molecule has 1 N–H and O–H groups in total. The maximum atomic E-state index is 10.1. The Kier molecular flexibility index (Phi) is 2.68. The van der Waals surface area contributed by atoms with Crippen molar-refractivity contribution in [2.75, 3.05) is 0 Å². The summed E-state index contributed by atoms with van der Waals surface area (Å²) in [6.45, 7) is 2.56. The second-order valence-corrected chi connectivity index (χ2v) is 4.53. The van der Waals surface area contributed by atoms with Crippen molar-refractivity contribution in [1.29, 1.82) is 0 Å². The fourth-order valence-corrected chi connectivity index (χ4v) is 2.22. The van der Waals surface area contributed by atoms with Gasteiger partial charge in [-0.3, -0.25) is 0 Å². The zero-order chi connectivity index (χ0) is 12.5. The van der Waals surface area contributed by atoms with Crippen molar-refractivity contribution in [3.8, 4) is 0 Å². The first kappa shape index (κ1) is 11.1. The average molecular weight is 243 g/mol. The molecule has 0 bridgehead atoms. The van der Waals surface area contributed by atoms with E-state index in [1.165, 1.54) is 0 Å². The highest BCUT2D eigenvalue weighted by Crippen LogP contribution is 2.17. The fraction of sp³-hybridized carbons (Fsp3) is 0.308. The van der Waals surface area contributed by atoms with Crippen LogP contribution < -0.4 is 4.68 Å². The molecule has 1 atom stereocenters. The molecule has 1 aliphatic rings. The predicted molar refractivity (Wildman–Crippen MR) is 66.0 cm³/mol. The minimum absolute atomic E-state index is 0.534. The van der Waals surface area contributed by atoms with E-state index >= 15 is 0 Å². The number of hydrogen-bond acceptors (Lipinski definition) is 3. The van der Waals surface area contributed by atoms with E-state index in [0.29, 0.717) is 13.0 Å². The molecule has 3 rings (SSSR count). The summed E-state index contributed by atoms with van der Waals surface area (Å²) in [6, 6.07) is 10.1. The summed E-state index contributed by atoms with van der Waals surface area (Å²) < 4.78 is 3.46. The van der Waals surface area contributed by atoms with Gasteiger partial charge in [-0.25, -0.2) is 0 Å². The molecule has 2 aromatic rings. The molecule has 1 aromatic carbocycles. The topological polar surface area (TPSA) is 54.3 Å². The lowest BCUT2D eigenvalue weighted by Gasteiger charge is -2.12. The normalized spacial score (nSPS) is 18.3. The second-order valence-electron chi connectivity index (χ2n) is 4.53. The minimum Gasteiger partial charge on any atom is -0.381 e. The molecule has 5 nitrogen and oxygen atoms in total. The third kappa shape index (κ3) is 1.93. The lowest BCUT2D eigenvalue weighted by atomic mass is 10.1. The molecule has 0 saturated carbocycles. The van der Waals surface area contributed by atoms with Crippen LogP contribution in [0.3, 0.4) is 0 Å². The summed E-state index contributed by atoms with van der Waals surface area (Å²) in [5.74, 6) is 0.740. The highest BCUT2D eigenvalue weighted by atomic mass is 16.3. The van der Waals surface area contributed by atoms with Crippen molar-refractivity contribution in [2.24, 2.45) is 5.10 Å². The molecule has 1 aliphatic heterocycles. The van der Waals surface area contributed by atoms with Gasteiger partial charge in [0.15, 0.2) is 0 Å². The molecule has 18 heavy (non-hydrogen) atoms. The van der Waals surface area contributed by atoms with E-state index < -0.39 is 6.10 Å². The summed E-state index contributed by atoms with van der Waals surface area (Å²) in [5, 5.41) is 18.8. The average Bonchev–Trinajstić information content (AvgIpc) is 2.73. The second kappa shape index (κ2) is 4.34. The molecular formula is C13H15N4O+. The monoisotopic (exact) mass is 243 g/mol. The minimum atomic E-state index is -0.534. The predicted octanol–water partition coefficient (Wildman–Crippen LogP) is 0.880. The highest BCUT2D eigenvalue weighted by Gasteiger charge is 2.30. The Morgan fingerprint density at radius 3 is 2.94 bits per heavy atom. The van der Waals surface area contributed by atoms with Crippen LogP contribution in [0.5, 0.6) is 0 Å². The fourth-order valence-electron chi connectivity index (χ4n) is 2.22. The van der Waals surface area contributed by atoms with Gasteiger partial charge in [0.1, 0.15) is 12.6 Å². The number of benzene rings is 1. The maximum Gasteiger partial charge on any atom is 0.289 e. The van der Waals surface area contributed by atoms with Crippen LogP contribution in [0.2, 0.25) is 0 Å². The van der Waals surface area contributed by atoms with Gasteiger partial charge in [0.2, 0.25) is 0 Å². The van der Waals surface area contributed by atoms with Crippen LogP contribution in [0.15, 0.2) is 41.8 Å². The lowest BCUT2D eigenvalue weighted by Crippen LogP contribution is -2.39. The quantitative estimate of drug-likeness (QED) is 0.796. The van der Waals surface area contributed by atoms with Crippen LogP contribution in [0.25, 0.3) is 0 Å². The zero-order valence-electron chi connectivity index (χ0n) is 10.2. The number of aliphatic hydroxyl groups is 1. The zero-order valence-corrected chi connectivity index (χ0v) is 10.2. The Morgan fingerprint density at radius 2 is 2.17 bits per heavy atom. The number of fused-ring (bicyclic) bond motifs is 1. The first-order chi connectivity index (χ1) is 8.74. The van der Waals surface area contributed by atoms with Gasteiger partial charge in [-0.2, -0.15) is 0 Å². The summed E-state index contributed by atoms with van der Waals surface area (Å²) in [6.07, 6.45) is 1.68. The van der Waals surface area contributed by atoms with E-state index in [1.807, 2.05) is 37.3 Å². The number of aliphatic hydroxyl groups excluding tert-OH is 1. The molecule has 0 aliphatic carbocycles. The molecule has 0 saturated heterocycles. The third-order valence-corrected chi connectivity index (χ3v) is 3.04. The van der Waals surface area contributed by atoms with Crippen LogP contribution in [0.1, 0.15) is 30.8 Å². The Bertz CT molecular complexity index is 588. The van der Waals surface area contributed by atoms with Gasteiger partial charge in [0, 0.05) is 11.5 Å². The molecule has 92 valence electrons. The summed E-state index contributed by atoms with van der Waals surface area (Å²) >= 11 is 0. The first-order valence-corrected chi connectivity index (χ1v) is 5.98. The van der Waals surface area contributed by atoms with E-state index in [-0.39, 0.29) is 0 Å². The van der Waals surface area contributed by atoms with Crippen molar-refractivity contribution in [3.05, 3.63) is 48.0 Å². The van der Waals surface area contributed by atoms with Gasteiger partial charge in [0.05, 0.1) is 5.71 Å². The van der Waals surface area contributed by atoms with Gasteiger partial charge < -0.3 is 5.11 Å². The van der Waals surface area contributed by atoms with Gasteiger partial charge in [0.25, 0.3) is 12.2 Å². The van der Waals surface area contributed by atoms with E-state index in [2.05, 4.69) is 10.2 Å². The van der Waals surface area contributed by atoms with Crippen LogP contribution in [0, 0.1) is 0 Å². The number of rotatable bonds is 2. The molecule has 0 fully saturated rings. The van der Waals surface area contributed by atoms with Gasteiger partial charge in [-0.15, -0.1) is 14.5 Å². The molecule has 2 heterocycles. The van der Waals surface area contributed by atoms with E-state index in [9.17, 15) is 5.11 Å². The van der Waals surface area contributed by atoms with E-state index in [4.69, 9.17) is 0 Å². The molecule has 0 radical (unpaired) electrons. The highest BCUT2D eigenvalue weighted by molar-refractivity contribution is 5.82. The number of aromatic nitrogens is 3. The van der Waals surface area contributed by atoms with Crippen molar-refractivity contribution in [2.45, 2.75) is 26.0 Å². The first-order valence-electron chi connectivity index (χ1n) is 5.98. The van der Waals surface area contributed by atoms with Crippen molar-refractivity contribution in [3.63, 3.8) is 0 Å². The van der Waals surface area contributed by atoms with E-state index in [0.717, 1.165) is 17.1 Å². The SMILES string of the molecule is CC1=N[n+]2cnn(Cc3ccccc3)c2[C@H](O)C1. The number of hydrogen-bond donors (Lipinski definition) is 1. The Morgan fingerprint density at radius 1 is 1.39 bits per heavy atom. The van der Waals surface area contributed by atoms with Gasteiger partial charge >= 0.3 is 0 Å². The van der Waals surface area contributed by atoms with Crippen molar-refractivity contribution < 1.29 is 9.78 Å². The van der Waals surface area contributed by atoms with Crippen LogP contribution in [0.4, 0.5) is 0 Å². The Hall–Kier alpha value is -2.01. The van der Waals surface area contributed by atoms with Crippen molar-refractivity contribution >= 4 is 5.71 Å². The standard InChI is InChI=1S/C13H15N4O/c1-10-7-12(18)13-16(14-9-17(13)15-10)8-11-5-3-2-4-6-11/h2-6,9,12,18H,7-8H2,1H3/q+1/t12-/m1/s1. The Labute approximate surface area is 105 Å². The molecule has 0 unspecified atom stereocenters.